The molecule has 0 aromatic heterocycles. The molecule has 0 spiro atoms. The van der Waals surface area contributed by atoms with Gasteiger partial charge in [0.15, 0.2) is 0 Å². The Hall–Kier alpha value is -1.49. The molecule has 1 aromatic rings. The maximum atomic E-state index is 12.5. The second-order valence-corrected chi connectivity index (χ2v) is 4.64. The normalized spacial score (nSPS) is 12.2. The van der Waals surface area contributed by atoms with Crippen LogP contribution in [0.4, 0.5) is 13.2 Å². The Labute approximate surface area is 114 Å². The molecule has 0 bridgehead atoms. The third kappa shape index (κ3) is 4.95. The van der Waals surface area contributed by atoms with Crippen molar-refractivity contribution in [2.75, 3.05) is 0 Å². The second-order valence-electron chi connectivity index (χ2n) is 4.23. The molecule has 0 aliphatic carbocycles. The van der Waals surface area contributed by atoms with Gasteiger partial charge >= 0.3 is 6.18 Å². The summed E-state index contributed by atoms with van der Waals surface area (Å²) in [6.07, 6.45) is -2.02. The zero-order valence-corrected chi connectivity index (χ0v) is 11.1. The summed E-state index contributed by atoms with van der Waals surface area (Å²) < 4.78 is 37.6. The van der Waals surface area contributed by atoms with Crippen LogP contribution in [0, 0.1) is 0 Å². The lowest BCUT2D eigenvalue weighted by Gasteiger charge is -2.08. The molecule has 0 heterocycles. The zero-order chi connectivity index (χ0) is 14.6. The molecule has 104 valence electrons. The number of hydrogen-bond acceptors (Lipinski definition) is 1. The van der Waals surface area contributed by atoms with Gasteiger partial charge in [-0.25, -0.2) is 0 Å². The Morgan fingerprint density at radius 2 is 2.00 bits per heavy atom. The maximum absolute atomic E-state index is 12.5. The Balaban J connectivity index is 2.95. The number of benzene rings is 1. The first-order chi connectivity index (χ1) is 8.70. The molecule has 2 nitrogen and oxygen atoms in total. The van der Waals surface area contributed by atoms with Gasteiger partial charge in [0.2, 0.25) is 5.91 Å². The van der Waals surface area contributed by atoms with Crippen LogP contribution in [0.1, 0.15) is 25.0 Å². The molecule has 19 heavy (non-hydrogen) atoms. The molecular weight excluding hydrogens is 279 g/mol. The molecule has 0 fully saturated rings. The van der Waals surface area contributed by atoms with E-state index in [0.717, 1.165) is 24.3 Å². The SMILES string of the molecule is CC(C)NC(=O)C=Cc1cc(C(F)(F)F)ccc1Cl. The first kappa shape index (κ1) is 15.6. The van der Waals surface area contributed by atoms with Crippen LogP contribution in [0.3, 0.4) is 0 Å². The lowest BCUT2D eigenvalue weighted by molar-refractivity contribution is -0.137. The minimum atomic E-state index is -4.44. The van der Waals surface area contributed by atoms with Crippen LogP contribution in [0.5, 0.6) is 0 Å². The summed E-state index contributed by atoms with van der Waals surface area (Å²) in [5.41, 5.74) is -0.656. The van der Waals surface area contributed by atoms with Crippen molar-refractivity contribution < 1.29 is 18.0 Å². The number of hydrogen-bond donors (Lipinski definition) is 1. The van der Waals surface area contributed by atoms with Gasteiger partial charge in [-0.3, -0.25) is 4.79 Å². The summed E-state index contributed by atoms with van der Waals surface area (Å²) in [6, 6.07) is 2.91. The number of carbonyl (C=O) groups is 1. The van der Waals surface area contributed by atoms with Crippen LogP contribution >= 0.6 is 11.6 Å². The van der Waals surface area contributed by atoms with Crippen LogP contribution in [-0.4, -0.2) is 11.9 Å². The summed E-state index contributed by atoms with van der Waals surface area (Å²) in [5, 5.41) is 2.74. The number of halogens is 4. The lowest BCUT2D eigenvalue weighted by Crippen LogP contribution is -2.28. The summed E-state index contributed by atoms with van der Waals surface area (Å²) in [7, 11) is 0. The molecule has 0 saturated carbocycles. The summed E-state index contributed by atoms with van der Waals surface area (Å²) >= 11 is 5.79. The fraction of sp³-hybridized carbons (Fsp3) is 0.308. The summed E-state index contributed by atoms with van der Waals surface area (Å²) in [5.74, 6) is -0.386. The third-order valence-electron chi connectivity index (χ3n) is 2.17. The average Bonchev–Trinajstić information content (AvgIpc) is 2.25. The fourth-order valence-electron chi connectivity index (χ4n) is 1.35. The molecule has 1 aromatic carbocycles. The van der Waals surface area contributed by atoms with Crippen molar-refractivity contribution in [3.05, 3.63) is 40.4 Å². The summed E-state index contributed by atoms with van der Waals surface area (Å²) in [6.45, 7) is 3.56. The van der Waals surface area contributed by atoms with E-state index in [2.05, 4.69) is 5.32 Å². The van der Waals surface area contributed by atoms with Crippen molar-refractivity contribution in [1.29, 1.82) is 0 Å². The zero-order valence-electron chi connectivity index (χ0n) is 10.4. The highest BCUT2D eigenvalue weighted by molar-refractivity contribution is 6.32. The minimum absolute atomic E-state index is 0.0471. The van der Waals surface area contributed by atoms with E-state index in [1.54, 1.807) is 13.8 Å². The molecule has 0 radical (unpaired) electrons. The van der Waals surface area contributed by atoms with E-state index in [1.165, 1.54) is 6.08 Å². The average molecular weight is 292 g/mol. The molecule has 1 rings (SSSR count). The molecule has 1 amide bonds. The van der Waals surface area contributed by atoms with Crippen LogP contribution < -0.4 is 5.32 Å². The first-order valence-corrected chi connectivity index (χ1v) is 5.93. The number of nitrogens with one attached hydrogen (secondary N) is 1. The Kier molecular flexibility index (Phi) is 5.00. The van der Waals surface area contributed by atoms with E-state index in [4.69, 9.17) is 11.6 Å². The second kappa shape index (κ2) is 6.10. The quantitative estimate of drug-likeness (QED) is 0.841. The number of amides is 1. The van der Waals surface area contributed by atoms with Gasteiger partial charge in [0.05, 0.1) is 5.56 Å². The van der Waals surface area contributed by atoms with E-state index in [0.29, 0.717) is 0 Å². The minimum Gasteiger partial charge on any atom is -0.350 e. The van der Waals surface area contributed by atoms with Crippen molar-refractivity contribution in [3.8, 4) is 0 Å². The van der Waals surface area contributed by atoms with E-state index >= 15 is 0 Å². The van der Waals surface area contributed by atoms with E-state index < -0.39 is 11.7 Å². The maximum Gasteiger partial charge on any atom is 0.416 e. The number of alkyl halides is 3. The molecule has 0 aliphatic heterocycles. The van der Waals surface area contributed by atoms with Gasteiger partial charge in [-0.15, -0.1) is 0 Å². The molecule has 6 heteroatoms. The Morgan fingerprint density at radius 1 is 1.37 bits per heavy atom. The number of rotatable bonds is 3. The molecule has 0 aliphatic rings. The fourth-order valence-corrected chi connectivity index (χ4v) is 1.53. The van der Waals surface area contributed by atoms with Gasteiger partial charge in [0.1, 0.15) is 0 Å². The highest BCUT2D eigenvalue weighted by atomic mass is 35.5. The van der Waals surface area contributed by atoms with Crippen molar-refractivity contribution in [2.24, 2.45) is 0 Å². The standard InChI is InChI=1S/C13H13ClF3NO/c1-8(2)18-12(19)6-3-9-7-10(13(15,16)17)4-5-11(9)14/h3-8H,1-2H3,(H,18,19). The van der Waals surface area contributed by atoms with Crippen molar-refractivity contribution >= 4 is 23.6 Å². The van der Waals surface area contributed by atoms with Crippen LogP contribution in [0.15, 0.2) is 24.3 Å². The van der Waals surface area contributed by atoms with Crippen molar-refractivity contribution in [3.63, 3.8) is 0 Å². The van der Waals surface area contributed by atoms with Gasteiger partial charge < -0.3 is 5.32 Å². The van der Waals surface area contributed by atoms with Gasteiger partial charge in [-0.1, -0.05) is 11.6 Å². The van der Waals surface area contributed by atoms with Crippen LogP contribution in [-0.2, 0) is 11.0 Å². The van der Waals surface area contributed by atoms with E-state index in [-0.39, 0.29) is 22.5 Å². The van der Waals surface area contributed by atoms with Crippen molar-refractivity contribution in [1.82, 2.24) is 5.32 Å². The monoisotopic (exact) mass is 291 g/mol. The van der Waals surface area contributed by atoms with E-state index in [1.807, 2.05) is 0 Å². The highest BCUT2D eigenvalue weighted by Gasteiger charge is 2.30. The molecular formula is C13H13ClF3NO. The smallest absolute Gasteiger partial charge is 0.350 e. The third-order valence-corrected chi connectivity index (χ3v) is 2.51. The van der Waals surface area contributed by atoms with Crippen LogP contribution in [0.2, 0.25) is 5.02 Å². The molecule has 1 N–H and O–H groups in total. The van der Waals surface area contributed by atoms with Gasteiger partial charge in [-0.05, 0) is 43.7 Å². The van der Waals surface area contributed by atoms with Gasteiger partial charge in [-0.2, -0.15) is 13.2 Å². The lowest BCUT2D eigenvalue weighted by atomic mass is 10.1. The van der Waals surface area contributed by atoms with E-state index in [9.17, 15) is 18.0 Å². The largest absolute Gasteiger partial charge is 0.416 e. The first-order valence-electron chi connectivity index (χ1n) is 5.55. The molecule has 0 saturated heterocycles. The van der Waals surface area contributed by atoms with Gasteiger partial charge in [0.25, 0.3) is 0 Å². The predicted molar refractivity (Wildman–Crippen MR) is 68.8 cm³/mol. The van der Waals surface area contributed by atoms with Crippen LogP contribution in [0.25, 0.3) is 6.08 Å². The molecule has 0 atom stereocenters. The molecule has 0 unspecified atom stereocenters. The van der Waals surface area contributed by atoms with Gasteiger partial charge in [0, 0.05) is 17.1 Å². The number of carbonyl (C=O) groups excluding carboxylic acids is 1. The highest BCUT2D eigenvalue weighted by Crippen LogP contribution is 2.32. The Morgan fingerprint density at radius 3 is 2.53 bits per heavy atom. The summed E-state index contributed by atoms with van der Waals surface area (Å²) in [4.78, 5) is 11.4. The predicted octanol–water partition coefficient (Wildman–Crippen LogP) is 3.90. The Bertz CT molecular complexity index is 495. The topological polar surface area (TPSA) is 29.1 Å². The van der Waals surface area contributed by atoms with Crippen molar-refractivity contribution in [2.45, 2.75) is 26.1 Å².